The molecule has 134 valence electrons. The van der Waals surface area contributed by atoms with Crippen LogP contribution in [0.15, 0.2) is 53.6 Å². The van der Waals surface area contributed by atoms with Crippen LogP contribution < -0.4 is 10.9 Å². The predicted molar refractivity (Wildman–Crippen MR) is 105 cm³/mol. The number of fused-ring (bicyclic) bond motifs is 1. The third kappa shape index (κ3) is 3.67. The fourth-order valence-corrected chi connectivity index (χ4v) is 3.05. The van der Waals surface area contributed by atoms with Gasteiger partial charge in [-0.25, -0.2) is 4.98 Å². The van der Waals surface area contributed by atoms with Gasteiger partial charge in [0.15, 0.2) is 0 Å². The Kier molecular flexibility index (Phi) is 5.16. The lowest BCUT2D eigenvalue weighted by Gasteiger charge is -2.14. The van der Waals surface area contributed by atoms with Gasteiger partial charge in [0, 0.05) is 18.7 Å². The van der Waals surface area contributed by atoms with Gasteiger partial charge in [0.1, 0.15) is 0 Å². The van der Waals surface area contributed by atoms with E-state index in [0.717, 1.165) is 16.8 Å². The molecule has 0 unspecified atom stereocenters. The van der Waals surface area contributed by atoms with Crippen molar-refractivity contribution >= 4 is 22.5 Å². The van der Waals surface area contributed by atoms with Gasteiger partial charge in [0.2, 0.25) is 5.91 Å². The van der Waals surface area contributed by atoms with E-state index in [2.05, 4.69) is 24.1 Å². The Bertz CT molecular complexity index is 1010. The molecule has 3 aromatic rings. The van der Waals surface area contributed by atoms with E-state index >= 15 is 0 Å². The number of hydrogen-bond donors (Lipinski definition) is 1. The molecule has 0 fully saturated rings. The van der Waals surface area contributed by atoms with Crippen molar-refractivity contribution in [3.05, 3.63) is 70.3 Å². The molecular weight excluding hydrogens is 326 g/mol. The molecule has 1 N–H and O–H groups in total. The molecule has 0 saturated carbocycles. The topological polar surface area (TPSA) is 64.0 Å². The maximum atomic E-state index is 12.6. The van der Waals surface area contributed by atoms with Crippen LogP contribution in [0.4, 0.5) is 5.69 Å². The summed E-state index contributed by atoms with van der Waals surface area (Å²) in [5.41, 5.74) is 3.49. The molecule has 3 rings (SSSR count). The Morgan fingerprint density at radius 1 is 1.15 bits per heavy atom. The summed E-state index contributed by atoms with van der Waals surface area (Å²) < 4.78 is 1.50. The number of rotatable bonds is 5. The van der Waals surface area contributed by atoms with Gasteiger partial charge in [-0.1, -0.05) is 44.2 Å². The molecule has 2 aromatic carbocycles. The number of benzene rings is 2. The first-order chi connectivity index (χ1) is 12.5. The predicted octanol–water partition coefficient (Wildman–Crippen LogP) is 3.86. The van der Waals surface area contributed by atoms with Crippen LogP contribution in [-0.4, -0.2) is 15.5 Å². The number of carbonyl (C=O) groups excluding carboxylic acids is 1. The third-order valence-electron chi connectivity index (χ3n) is 4.49. The molecule has 1 heterocycles. The molecule has 1 amide bonds. The summed E-state index contributed by atoms with van der Waals surface area (Å²) >= 11 is 0. The van der Waals surface area contributed by atoms with E-state index in [4.69, 9.17) is 0 Å². The van der Waals surface area contributed by atoms with Crippen molar-refractivity contribution in [2.45, 2.75) is 39.7 Å². The van der Waals surface area contributed by atoms with Gasteiger partial charge in [-0.05, 0) is 36.1 Å². The van der Waals surface area contributed by atoms with E-state index in [1.165, 1.54) is 10.9 Å². The second kappa shape index (κ2) is 7.52. The fraction of sp³-hybridized carbons (Fsp3) is 0.286. The van der Waals surface area contributed by atoms with Crippen molar-refractivity contribution in [3.8, 4) is 0 Å². The monoisotopic (exact) mass is 349 g/mol. The van der Waals surface area contributed by atoms with E-state index in [1.807, 2.05) is 43.3 Å². The largest absolute Gasteiger partial charge is 0.326 e. The van der Waals surface area contributed by atoms with Gasteiger partial charge < -0.3 is 5.32 Å². The number of aromatic nitrogens is 2. The highest BCUT2D eigenvalue weighted by molar-refractivity contribution is 5.91. The minimum absolute atomic E-state index is 0.116. The van der Waals surface area contributed by atoms with Crippen LogP contribution >= 0.6 is 0 Å². The normalized spacial score (nSPS) is 11.1. The Hall–Kier alpha value is -2.95. The van der Waals surface area contributed by atoms with E-state index in [-0.39, 0.29) is 17.9 Å². The molecule has 0 atom stereocenters. The maximum Gasteiger partial charge on any atom is 0.261 e. The van der Waals surface area contributed by atoms with Gasteiger partial charge >= 0.3 is 0 Å². The van der Waals surface area contributed by atoms with Crippen molar-refractivity contribution < 1.29 is 4.79 Å². The van der Waals surface area contributed by atoms with Gasteiger partial charge in [-0.2, -0.15) is 0 Å². The molecule has 0 aliphatic heterocycles. The molecule has 0 aliphatic rings. The van der Waals surface area contributed by atoms with E-state index in [9.17, 15) is 9.59 Å². The van der Waals surface area contributed by atoms with Gasteiger partial charge in [-0.15, -0.1) is 0 Å². The summed E-state index contributed by atoms with van der Waals surface area (Å²) in [6, 6.07) is 13.3. The molecule has 0 saturated heterocycles. The van der Waals surface area contributed by atoms with E-state index < -0.39 is 0 Å². The standard InChI is InChI=1S/C21H23N3O2/c1-14(2)16-8-4-5-10-18(16)23-19(25)11-12-24-13-22-20-15(3)7-6-9-17(20)21(24)26/h4-10,13-14H,11-12H2,1-3H3,(H,23,25). The number of para-hydroxylation sites is 2. The summed E-state index contributed by atoms with van der Waals surface area (Å²) in [5, 5.41) is 3.53. The molecule has 0 spiro atoms. The van der Waals surface area contributed by atoms with Crippen LogP contribution in [0.1, 0.15) is 37.3 Å². The van der Waals surface area contributed by atoms with Crippen LogP contribution in [0, 0.1) is 6.92 Å². The zero-order valence-corrected chi connectivity index (χ0v) is 15.3. The van der Waals surface area contributed by atoms with Crippen molar-refractivity contribution in [3.63, 3.8) is 0 Å². The van der Waals surface area contributed by atoms with Crippen LogP contribution in [0.3, 0.4) is 0 Å². The van der Waals surface area contributed by atoms with Crippen molar-refractivity contribution in [2.75, 3.05) is 5.32 Å². The summed E-state index contributed by atoms with van der Waals surface area (Å²) in [5.74, 6) is 0.205. The molecule has 0 bridgehead atoms. The minimum atomic E-state index is -0.117. The Labute approximate surface area is 152 Å². The Morgan fingerprint density at radius 3 is 2.69 bits per heavy atom. The van der Waals surface area contributed by atoms with Crippen molar-refractivity contribution in [1.29, 1.82) is 0 Å². The summed E-state index contributed by atoms with van der Waals surface area (Å²) in [7, 11) is 0. The van der Waals surface area contributed by atoms with Crippen LogP contribution in [-0.2, 0) is 11.3 Å². The quantitative estimate of drug-likeness (QED) is 0.761. The number of amides is 1. The SMILES string of the molecule is Cc1cccc2c(=O)n(CCC(=O)Nc3ccccc3C(C)C)cnc12. The number of nitrogens with one attached hydrogen (secondary N) is 1. The zero-order valence-electron chi connectivity index (χ0n) is 15.3. The lowest BCUT2D eigenvalue weighted by molar-refractivity contribution is -0.116. The first kappa shape index (κ1) is 17.9. The minimum Gasteiger partial charge on any atom is -0.326 e. The van der Waals surface area contributed by atoms with Crippen LogP contribution in [0.5, 0.6) is 0 Å². The smallest absolute Gasteiger partial charge is 0.261 e. The average Bonchev–Trinajstić information content (AvgIpc) is 2.62. The Balaban J connectivity index is 1.74. The van der Waals surface area contributed by atoms with E-state index in [1.54, 1.807) is 6.07 Å². The molecule has 1 aromatic heterocycles. The fourth-order valence-electron chi connectivity index (χ4n) is 3.05. The number of hydrogen-bond acceptors (Lipinski definition) is 3. The summed E-state index contributed by atoms with van der Waals surface area (Å²) in [6.07, 6.45) is 1.73. The Morgan fingerprint density at radius 2 is 1.92 bits per heavy atom. The number of anilines is 1. The highest BCUT2D eigenvalue weighted by Crippen LogP contribution is 2.23. The second-order valence-corrected chi connectivity index (χ2v) is 6.75. The van der Waals surface area contributed by atoms with Crippen LogP contribution in [0.25, 0.3) is 10.9 Å². The number of nitrogens with zero attached hydrogens (tertiary/aromatic N) is 2. The molecule has 0 aliphatic carbocycles. The lowest BCUT2D eigenvalue weighted by Crippen LogP contribution is -2.24. The third-order valence-corrected chi connectivity index (χ3v) is 4.49. The highest BCUT2D eigenvalue weighted by atomic mass is 16.2. The first-order valence-electron chi connectivity index (χ1n) is 8.81. The summed E-state index contributed by atoms with van der Waals surface area (Å²) in [6.45, 7) is 6.41. The zero-order chi connectivity index (χ0) is 18.7. The molecule has 5 heteroatoms. The number of carbonyl (C=O) groups is 1. The first-order valence-corrected chi connectivity index (χ1v) is 8.81. The second-order valence-electron chi connectivity index (χ2n) is 6.75. The van der Waals surface area contributed by atoms with Crippen molar-refractivity contribution in [2.24, 2.45) is 0 Å². The van der Waals surface area contributed by atoms with Crippen LogP contribution in [0.2, 0.25) is 0 Å². The molecule has 5 nitrogen and oxygen atoms in total. The number of aryl methyl sites for hydroxylation is 2. The molecular formula is C21H23N3O2. The van der Waals surface area contributed by atoms with Gasteiger partial charge in [-0.3, -0.25) is 14.2 Å². The summed E-state index contributed by atoms with van der Waals surface area (Å²) in [4.78, 5) is 29.3. The highest BCUT2D eigenvalue weighted by Gasteiger charge is 2.11. The van der Waals surface area contributed by atoms with Gasteiger partial charge in [0.25, 0.3) is 5.56 Å². The maximum absolute atomic E-state index is 12.6. The average molecular weight is 349 g/mol. The van der Waals surface area contributed by atoms with E-state index in [0.29, 0.717) is 23.4 Å². The van der Waals surface area contributed by atoms with Gasteiger partial charge in [0.05, 0.1) is 17.2 Å². The molecule has 26 heavy (non-hydrogen) atoms. The molecule has 0 radical (unpaired) electrons. The lowest BCUT2D eigenvalue weighted by atomic mass is 10.0. The van der Waals surface area contributed by atoms with Crippen molar-refractivity contribution in [1.82, 2.24) is 9.55 Å².